The van der Waals surface area contributed by atoms with E-state index in [2.05, 4.69) is 10.1 Å². The molecule has 0 bridgehead atoms. The van der Waals surface area contributed by atoms with Crippen LogP contribution >= 0.6 is 0 Å². The normalized spacial score (nSPS) is 11.2. The number of hydrogen-bond acceptors (Lipinski definition) is 4. The fourth-order valence-corrected chi connectivity index (χ4v) is 1.54. The summed E-state index contributed by atoms with van der Waals surface area (Å²) in [6, 6.07) is 3.62. The highest BCUT2D eigenvalue weighted by molar-refractivity contribution is 5.96. The molecule has 0 saturated heterocycles. The highest BCUT2D eigenvalue weighted by atomic mass is 19.4. The lowest BCUT2D eigenvalue weighted by Gasteiger charge is -2.06. The summed E-state index contributed by atoms with van der Waals surface area (Å²) in [6.07, 6.45) is -2.48. The third-order valence-electron chi connectivity index (χ3n) is 2.56. The van der Waals surface area contributed by atoms with E-state index in [0.717, 1.165) is 24.3 Å². The van der Waals surface area contributed by atoms with Crippen molar-refractivity contribution in [1.29, 1.82) is 0 Å². The molecule has 0 spiro atoms. The molecule has 0 fully saturated rings. The first kappa shape index (κ1) is 19.2. The monoisotopic (exact) mass is 344 g/mol. The number of benzene rings is 1. The van der Waals surface area contributed by atoms with E-state index < -0.39 is 36.3 Å². The predicted molar refractivity (Wildman–Crippen MR) is 78.7 cm³/mol. The smallest absolute Gasteiger partial charge is 0.416 e. The van der Waals surface area contributed by atoms with Crippen LogP contribution in [-0.4, -0.2) is 31.1 Å². The summed E-state index contributed by atoms with van der Waals surface area (Å²) in [4.78, 5) is 33.7. The molecule has 3 amide bonds. The van der Waals surface area contributed by atoms with E-state index in [1.807, 2.05) is 5.32 Å². The number of hydrogen-bond donors (Lipinski definition) is 2. The average Bonchev–Trinajstić information content (AvgIpc) is 2.50. The fraction of sp³-hybridized carbons (Fsp3) is 0.267. The van der Waals surface area contributed by atoms with Gasteiger partial charge in [-0.3, -0.25) is 10.1 Å². The van der Waals surface area contributed by atoms with E-state index in [0.29, 0.717) is 6.54 Å². The SMILES string of the molecule is CCNC(=O)NC(=O)COC(=O)/C=C/c1cccc(C(F)(F)F)c1. The highest BCUT2D eigenvalue weighted by Gasteiger charge is 2.30. The molecule has 1 rings (SSSR count). The molecule has 130 valence electrons. The lowest BCUT2D eigenvalue weighted by molar-refractivity contribution is -0.143. The van der Waals surface area contributed by atoms with Crippen LogP contribution in [0, 0.1) is 0 Å². The number of carbonyl (C=O) groups is 3. The van der Waals surface area contributed by atoms with Crippen molar-refractivity contribution >= 4 is 24.0 Å². The van der Waals surface area contributed by atoms with Crippen LogP contribution in [0.2, 0.25) is 0 Å². The molecule has 1 aromatic carbocycles. The van der Waals surface area contributed by atoms with Crippen molar-refractivity contribution in [2.24, 2.45) is 0 Å². The quantitative estimate of drug-likeness (QED) is 0.633. The zero-order valence-electron chi connectivity index (χ0n) is 12.6. The third-order valence-corrected chi connectivity index (χ3v) is 2.56. The Morgan fingerprint density at radius 1 is 1.25 bits per heavy atom. The van der Waals surface area contributed by atoms with Gasteiger partial charge in [0.15, 0.2) is 6.61 Å². The summed E-state index contributed by atoms with van der Waals surface area (Å²) in [5.41, 5.74) is -0.701. The Hall–Kier alpha value is -2.84. The van der Waals surface area contributed by atoms with Gasteiger partial charge in [0.05, 0.1) is 5.56 Å². The molecule has 0 heterocycles. The van der Waals surface area contributed by atoms with Gasteiger partial charge < -0.3 is 10.1 Å². The largest absolute Gasteiger partial charge is 0.452 e. The number of nitrogens with one attached hydrogen (secondary N) is 2. The van der Waals surface area contributed by atoms with E-state index >= 15 is 0 Å². The van der Waals surface area contributed by atoms with Gasteiger partial charge in [-0.1, -0.05) is 12.1 Å². The van der Waals surface area contributed by atoms with Crippen molar-refractivity contribution in [3.8, 4) is 0 Å². The highest BCUT2D eigenvalue weighted by Crippen LogP contribution is 2.29. The van der Waals surface area contributed by atoms with Gasteiger partial charge in [0.25, 0.3) is 5.91 Å². The van der Waals surface area contributed by atoms with Crippen LogP contribution in [0.25, 0.3) is 6.08 Å². The number of imide groups is 1. The van der Waals surface area contributed by atoms with E-state index in [-0.39, 0.29) is 5.56 Å². The summed E-state index contributed by atoms with van der Waals surface area (Å²) in [5.74, 6) is -1.76. The third kappa shape index (κ3) is 6.95. The van der Waals surface area contributed by atoms with Crippen LogP contribution in [0.1, 0.15) is 18.1 Å². The van der Waals surface area contributed by atoms with Crippen LogP contribution < -0.4 is 10.6 Å². The molecule has 24 heavy (non-hydrogen) atoms. The van der Waals surface area contributed by atoms with Crippen molar-refractivity contribution in [3.63, 3.8) is 0 Å². The Morgan fingerprint density at radius 2 is 1.96 bits per heavy atom. The Bertz CT molecular complexity index is 642. The first-order valence-electron chi connectivity index (χ1n) is 6.82. The molecule has 0 atom stereocenters. The van der Waals surface area contributed by atoms with Gasteiger partial charge in [-0.15, -0.1) is 0 Å². The predicted octanol–water partition coefficient (Wildman–Crippen LogP) is 2.11. The van der Waals surface area contributed by atoms with E-state index in [1.54, 1.807) is 6.92 Å². The molecular formula is C15H15F3N2O4. The van der Waals surface area contributed by atoms with Gasteiger partial charge >= 0.3 is 18.2 Å². The number of halogens is 3. The number of carbonyl (C=O) groups excluding carboxylic acids is 3. The molecule has 6 nitrogen and oxygen atoms in total. The summed E-state index contributed by atoms with van der Waals surface area (Å²) in [6.45, 7) is 1.28. The topological polar surface area (TPSA) is 84.5 Å². The Balaban J connectivity index is 2.52. The first-order chi connectivity index (χ1) is 11.2. The zero-order chi connectivity index (χ0) is 18.2. The van der Waals surface area contributed by atoms with Crippen molar-refractivity contribution in [2.75, 3.05) is 13.2 Å². The van der Waals surface area contributed by atoms with Crippen molar-refractivity contribution in [3.05, 3.63) is 41.5 Å². The second-order valence-electron chi connectivity index (χ2n) is 4.47. The summed E-state index contributed by atoms with van der Waals surface area (Å²) in [5, 5.41) is 4.23. The average molecular weight is 344 g/mol. The molecule has 0 aromatic heterocycles. The molecule has 0 radical (unpaired) electrons. The molecule has 0 saturated carbocycles. The molecular weight excluding hydrogens is 329 g/mol. The van der Waals surface area contributed by atoms with Gasteiger partial charge in [-0.2, -0.15) is 13.2 Å². The maximum absolute atomic E-state index is 12.5. The molecule has 1 aromatic rings. The summed E-state index contributed by atoms with van der Waals surface area (Å²) < 4.78 is 42.2. The van der Waals surface area contributed by atoms with E-state index in [4.69, 9.17) is 0 Å². The van der Waals surface area contributed by atoms with Crippen molar-refractivity contribution in [2.45, 2.75) is 13.1 Å². The Kier molecular flexibility index (Phi) is 6.97. The summed E-state index contributed by atoms with van der Waals surface area (Å²) >= 11 is 0. The fourth-order valence-electron chi connectivity index (χ4n) is 1.54. The minimum absolute atomic E-state index is 0.147. The number of rotatable bonds is 5. The lowest BCUT2D eigenvalue weighted by Crippen LogP contribution is -2.41. The molecule has 9 heteroatoms. The second kappa shape index (κ2) is 8.70. The Labute approximate surface area is 135 Å². The van der Waals surface area contributed by atoms with Crippen molar-refractivity contribution < 1.29 is 32.3 Å². The van der Waals surface area contributed by atoms with Gasteiger partial charge in [0.1, 0.15) is 0 Å². The number of esters is 1. The van der Waals surface area contributed by atoms with Crippen LogP contribution in [0.4, 0.5) is 18.0 Å². The Morgan fingerprint density at radius 3 is 2.58 bits per heavy atom. The van der Waals surface area contributed by atoms with Gasteiger partial charge in [0, 0.05) is 12.6 Å². The number of ether oxygens (including phenoxy) is 1. The van der Waals surface area contributed by atoms with Gasteiger partial charge in [0.2, 0.25) is 0 Å². The molecule has 0 aliphatic heterocycles. The van der Waals surface area contributed by atoms with Crippen LogP contribution in [0.5, 0.6) is 0 Å². The number of alkyl halides is 3. The summed E-state index contributed by atoms with van der Waals surface area (Å²) in [7, 11) is 0. The van der Waals surface area contributed by atoms with Gasteiger partial charge in [-0.25, -0.2) is 9.59 Å². The standard InChI is InChI=1S/C15H15F3N2O4/c1-2-19-14(23)20-12(21)9-24-13(22)7-6-10-4-3-5-11(8-10)15(16,17)18/h3-8H,2,9H2,1H3,(H2,19,20,21,23)/b7-6+. The van der Waals surface area contributed by atoms with E-state index in [9.17, 15) is 27.6 Å². The molecule has 2 N–H and O–H groups in total. The van der Waals surface area contributed by atoms with E-state index in [1.165, 1.54) is 12.1 Å². The molecule has 0 unspecified atom stereocenters. The minimum Gasteiger partial charge on any atom is -0.452 e. The van der Waals surface area contributed by atoms with Crippen LogP contribution in [-0.2, 0) is 20.5 Å². The zero-order valence-corrected chi connectivity index (χ0v) is 12.6. The molecule has 0 aliphatic rings. The molecule has 0 aliphatic carbocycles. The van der Waals surface area contributed by atoms with Crippen molar-refractivity contribution in [1.82, 2.24) is 10.6 Å². The minimum atomic E-state index is -4.48. The lowest BCUT2D eigenvalue weighted by atomic mass is 10.1. The maximum atomic E-state index is 12.5. The number of amides is 3. The first-order valence-corrected chi connectivity index (χ1v) is 6.82. The maximum Gasteiger partial charge on any atom is 0.416 e. The second-order valence-corrected chi connectivity index (χ2v) is 4.47. The van der Waals surface area contributed by atoms with Crippen LogP contribution in [0.15, 0.2) is 30.3 Å². The van der Waals surface area contributed by atoms with Crippen LogP contribution in [0.3, 0.4) is 0 Å². The van der Waals surface area contributed by atoms with Gasteiger partial charge in [-0.05, 0) is 30.7 Å². The number of urea groups is 1.